The summed E-state index contributed by atoms with van der Waals surface area (Å²) in [5.41, 5.74) is 0. The smallest absolute Gasteiger partial charge is 0.514 e. The Morgan fingerprint density at radius 2 is 1.59 bits per heavy atom. The Bertz CT molecular complexity index is 201. The molecule has 0 aromatic rings. The fourth-order valence-corrected chi connectivity index (χ4v) is 0.837. The van der Waals surface area contributed by atoms with Gasteiger partial charge in [-0.25, -0.2) is 0 Å². The summed E-state index contributed by atoms with van der Waals surface area (Å²) in [6, 6.07) is 0. The Balaban J connectivity index is -0.000000218. The third-order valence-corrected chi connectivity index (χ3v) is 1.72. The van der Waals surface area contributed by atoms with E-state index in [1.807, 2.05) is 13.8 Å². The fraction of sp³-hybridized carbons (Fsp3) is 0.800. The molecule has 0 saturated heterocycles. The number of thiocarbonyl (C=S) groups is 2. The van der Waals surface area contributed by atoms with Gasteiger partial charge in [0, 0.05) is 8.77 Å². The molecule has 0 amide bonds. The summed E-state index contributed by atoms with van der Waals surface area (Å²) in [5.74, 6) is 0.510. The molecule has 0 saturated carbocycles. The van der Waals surface area contributed by atoms with Crippen molar-refractivity contribution in [2.24, 2.45) is 5.92 Å². The molecule has 17 heavy (non-hydrogen) atoms. The maximum Gasteiger partial charge on any atom is 2.00 e. The van der Waals surface area contributed by atoms with Crippen molar-refractivity contribution in [2.45, 2.75) is 33.6 Å². The molecule has 0 atom stereocenters. The third-order valence-electron chi connectivity index (χ3n) is 1.25. The van der Waals surface area contributed by atoms with Crippen molar-refractivity contribution < 1.29 is 36.8 Å². The summed E-state index contributed by atoms with van der Waals surface area (Å²) in [4.78, 5) is 0. The van der Waals surface area contributed by atoms with Gasteiger partial charge in [0.2, 0.25) is 0 Å². The molecule has 0 aromatic heterocycles. The summed E-state index contributed by atoms with van der Waals surface area (Å²) in [6.07, 6.45) is 2.16. The minimum Gasteiger partial charge on any atom is -0.514 e. The number of ether oxygens (including phenoxy) is 2. The van der Waals surface area contributed by atoms with Crippen molar-refractivity contribution in [2.75, 3.05) is 13.2 Å². The minimum absolute atomic E-state index is 0. The second kappa shape index (κ2) is 17.1. The van der Waals surface area contributed by atoms with Crippen molar-refractivity contribution in [1.82, 2.24) is 0 Å². The van der Waals surface area contributed by atoms with Crippen molar-refractivity contribution in [3.63, 3.8) is 0 Å². The Hall–Kier alpha value is 1.14. The molecule has 0 radical (unpaired) electrons. The fourth-order valence-electron chi connectivity index (χ4n) is 0.535. The Morgan fingerprint density at radius 3 is 1.82 bits per heavy atom. The number of rotatable bonds is 5. The van der Waals surface area contributed by atoms with Crippen molar-refractivity contribution in [3.05, 3.63) is 0 Å². The quantitative estimate of drug-likeness (QED) is 0.298. The van der Waals surface area contributed by atoms with Crippen LogP contribution in [0.4, 0.5) is 0 Å². The average molecular weight is 411 g/mol. The standard InChI is InChI=1S/2C5H10OS2.Cd/c1-4(2)3-6-5(7)8;1-2-3-4-6-5(7)8;/h4H,3H2,1-2H3,(H,7,8);2-4H2,1H3,(H,7,8);/q;;+2/p-2. The molecule has 96 valence electrons. The van der Waals surface area contributed by atoms with E-state index in [1.54, 1.807) is 0 Å². The molecule has 0 aliphatic heterocycles. The van der Waals surface area contributed by atoms with Crippen LogP contribution in [0.5, 0.6) is 0 Å². The molecule has 2 nitrogen and oxygen atoms in total. The monoisotopic (exact) mass is 412 g/mol. The van der Waals surface area contributed by atoms with Crippen LogP contribution >= 0.6 is 24.4 Å². The molecule has 0 rings (SSSR count). The van der Waals surface area contributed by atoms with Crippen molar-refractivity contribution in [1.29, 1.82) is 0 Å². The number of hydrogen-bond donors (Lipinski definition) is 0. The maximum absolute atomic E-state index is 4.85. The molecule has 0 aliphatic carbocycles. The van der Waals surface area contributed by atoms with E-state index in [0.717, 1.165) is 12.8 Å². The zero-order valence-corrected chi connectivity index (χ0v) is 17.9. The van der Waals surface area contributed by atoms with E-state index in [9.17, 15) is 0 Å². The van der Waals surface area contributed by atoms with Gasteiger partial charge in [-0.15, -0.1) is 0 Å². The second-order valence-corrected chi connectivity index (χ2v) is 5.41. The first-order chi connectivity index (χ1) is 7.40. The molecule has 0 bridgehead atoms. The molecule has 0 unspecified atom stereocenters. The largest absolute Gasteiger partial charge is 2.00 e. The van der Waals surface area contributed by atoms with E-state index < -0.39 is 0 Å². The Morgan fingerprint density at radius 1 is 1.12 bits per heavy atom. The SMILES string of the molecule is CC(C)COC(=S)[S-].CCCCOC(=S)[S-].[Cd+2]. The number of hydrogen-bond acceptors (Lipinski definition) is 6. The average Bonchev–Trinajstić information content (AvgIpc) is 2.16. The predicted octanol–water partition coefficient (Wildman–Crippen LogP) is 3.12. The van der Waals surface area contributed by atoms with Gasteiger partial charge in [0.1, 0.15) is 0 Å². The second-order valence-electron chi connectivity index (χ2n) is 3.41. The van der Waals surface area contributed by atoms with E-state index in [4.69, 9.17) is 9.47 Å². The summed E-state index contributed by atoms with van der Waals surface area (Å²) >= 11 is 18.0. The van der Waals surface area contributed by atoms with Crippen LogP contribution in [-0.2, 0) is 62.0 Å². The van der Waals surface area contributed by atoms with Crippen LogP contribution in [0.1, 0.15) is 33.6 Å². The number of unbranched alkanes of at least 4 members (excludes halogenated alkanes) is 1. The van der Waals surface area contributed by atoms with E-state index in [1.165, 1.54) is 0 Å². The summed E-state index contributed by atoms with van der Waals surface area (Å²) in [5, 5.41) is 0. The summed E-state index contributed by atoms with van der Waals surface area (Å²) in [6.45, 7) is 7.51. The maximum atomic E-state index is 4.85. The van der Waals surface area contributed by atoms with Crippen LogP contribution in [0, 0.1) is 5.92 Å². The summed E-state index contributed by atoms with van der Waals surface area (Å²) in [7, 11) is 0. The Kier molecular flexibility index (Phi) is 23.4. The van der Waals surface area contributed by atoms with Crippen LogP contribution in [0.25, 0.3) is 0 Å². The molecule has 7 heteroatoms. The van der Waals surface area contributed by atoms with Gasteiger partial charge >= 0.3 is 27.3 Å². The zero-order valence-electron chi connectivity index (χ0n) is 10.6. The third kappa shape index (κ3) is 31.7. The summed E-state index contributed by atoms with van der Waals surface area (Å²) < 4.78 is 10.1. The molecule has 0 aliphatic rings. The van der Waals surface area contributed by atoms with Gasteiger partial charge in [-0.1, -0.05) is 27.2 Å². The topological polar surface area (TPSA) is 18.5 Å². The normalized spacial score (nSPS) is 8.47. The van der Waals surface area contributed by atoms with Crippen molar-refractivity contribution >= 4 is 58.5 Å². The van der Waals surface area contributed by atoms with Crippen LogP contribution in [0.3, 0.4) is 0 Å². The molecule has 0 spiro atoms. The van der Waals surface area contributed by atoms with E-state index in [-0.39, 0.29) is 36.1 Å². The van der Waals surface area contributed by atoms with Crippen LogP contribution in [-0.4, -0.2) is 22.0 Å². The minimum atomic E-state index is 0. The predicted molar refractivity (Wildman–Crippen MR) is 81.6 cm³/mol. The molecular formula is C10H18CdO2S4. The first-order valence-corrected chi connectivity index (χ1v) is 6.71. The van der Waals surface area contributed by atoms with Crippen LogP contribution in [0.2, 0.25) is 0 Å². The Labute approximate surface area is 147 Å². The van der Waals surface area contributed by atoms with Gasteiger partial charge in [-0.2, -0.15) is 0 Å². The molecule has 0 aromatic carbocycles. The van der Waals surface area contributed by atoms with Gasteiger partial charge in [-0.05, 0) is 12.3 Å². The first-order valence-electron chi connectivity index (χ1n) is 5.07. The molecular weight excluding hydrogens is 393 g/mol. The van der Waals surface area contributed by atoms with Crippen LogP contribution < -0.4 is 0 Å². The molecule has 0 heterocycles. The van der Waals surface area contributed by atoms with Gasteiger partial charge in [0.25, 0.3) is 0 Å². The molecule has 0 fully saturated rings. The first kappa shape index (κ1) is 23.3. The van der Waals surface area contributed by atoms with Gasteiger partial charge < -0.3 is 59.2 Å². The zero-order chi connectivity index (χ0) is 13.0. The van der Waals surface area contributed by atoms with E-state index in [0.29, 0.717) is 19.1 Å². The molecule has 0 N–H and O–H groups in total. The van der Waals surface area contributed by atoms with Gasteiger partial charge in [0.15, 0.2) is 0 Å². The van der Waals surface area contributed by atoms with E-state index >= 15 is 0 Å². The van der Waals surface area contributed by atoms with Gasteiger partial charge in [0.05, 0.1) is 13.2 Å². The van der Waals surface area contributed by atoms with Crippen LogP contribution in [0.15, 0.2) is 0 Å². The van der Waals surface area contributed by atoms with Gasteiger partial charge in [-0.3, -0.25) is 0 Å². The van der Waals surface area contributed by atoms with E-state index in [2.05, 4.69) is 56.6 Å². The van der Waals surface area contributed by atoms with Crippen molar-refractivity contribution in [3.8, 4) is 0 Å².